The first-order valence-corrected chi connectivity index (χ1v) is 14.6. The van der Waals surface area contributed by atoms with Crippen LogP contribution < -0.4 is 0 Å². The maximum Gasteiger partial charge on any atom is 0.254 e. The Balaban J connectivity index is 1.36. The Hall–Kier alpha value is -4.45. The summed E-state index contributed by atoms with van der Waals surface area (Å²) in [7, 11) is 0. The normalized spacial score (nSPS) is 15.5. The standard InChI is InChI=1S/C35H36N4O2/c1-3-4-16-34-36-22-32(39(34)23-26-17-18-27-10-5-6-12-29(27)21-26)33-24-37(19-20-38(33)25(2)40)35(41)31-15-9-13-28-11-7-8-14-30(28)31/h5-15,17-18,21-22,33H,3-4,16,19-20,23-24H2,1-2H3/t33-/m0/s1. The van der Waals surface area contributed by atoms with Crippen molar-refractivity contribution in [3.05, 3.63) is 114 Å². The smallest absolute Gasteiger partial charge is 0.254 e. The number of nitrogens with zero attached hydrogens (tertiary/aromatic N) is 4. The highest BCUT2D eigenvalue weighted by Gasteiger charge is 2.35. The molecule has 41 heavy (non-hydrogen) atoms. The number of aryl methyl sites for hydroxylation is 1. The fourth-order valence-corrected chi connectivity index (χ4v) is 6.11. The van der Waals surface area contributed by atoms with Crippen LogP contribution in [0.4, 0.5) is 0 Å². The van der Waals surface area contributed by atoms with Crippen LogP contribution in [0.25, 0.3) is 21.5 Å². The Morgan fingerprint density at radius 1 is 0.878 bits per heavy atom. The van der Waals surface area contributed by atoms with Gasteiger partial charge in [0, 0.05) is 45.1 Å². The number of imidazole rings is 1. The molecule has 0 saturated carbocycles. The first-order chi connectivity index (χ1) is 20.0. The fraction of sp³-hybridized carbons (Fsp3) is 0.286. The van der Waals surface area contributed by atoms with E-state index in [1.807, 2.05) is 58.5 Å². The maximum atomic E-state index is 13.9. The number of benzene rings is 4. The maximum absolute atomic E-state index is 13.9. The quantitative estimate of drug-likeness (QED) is 0.231. The number of carbonyl (C=O) groups is 2. The molecule has 1 aromatic heterocycles. The summed E-state index contributed by atoms with van der Waals surface area (Å²) in [6.45, 7) is 5.89. The predicted octanol–water partition coefficient (Wildman–Crippen LogP) is 6.63. The largest absolute Gasteiger partial charge is 0.334 e. The van der Waals surface area contributed by atoms with Crippen LogP contribution in [-0.2, 0) is 17.8 Å². The van der Waals surface area contributed by atoms with Crippen LogP contribution in [0.1, 0.15) is 60.2 Å². The van der Waals surface area contributed by atoms with Crippen LogP contribution in [0.15, 0.2) is 91.1 Å². The summed E-state index contributed by atoms with van der Waals surface area (Å²) in [4.78, 5) is 35.5. The fourth-order valence-electron chi connectivity index (χ4n) is 6.11. The lowest BCUT2D eigenvalue weighted by molar-refractivity contribution is -0.133. The van der Waals surface area contributed by atoms with Gasteiger partial charge in [-0.2, -0.15) is 0 Å². The van der Waals surface area contributed by atoms with Gasteiger partial charge in [0.2, 0.25) is 5.91 Å². The number of unbranched alkanes of at least 4 members (excludes halogenated alkanes) is 1. The van der Waals surface area contributed by atoms with E-state index in [-0.39, 0.29) is 17.9 Å². The summed E-state index contributed by atoms with van der Waals surface area (Å²) >= 11 is 0. The highest BCUT2D eigenvalue weighted by Crippen LogP contribution is 2.30. The van der Waals surface area contributed by atoms with E-state index < -0.39 is 0 Å². The minimum Gasteiger partial charge on any atom is -0.334 e. The van der Waals surface area contributed by atoms with Crippen LogP contribution >= 0.6 is 0 Å². The van der Waals surface area contributed by atoms with Crippen molar-refractivity contribution in [2.75, 3.05) is 19.6 Å². The number of piperazine rings is 1. The summed E-state index contributed by atoms with van der Waals surface area (Å²) in [5.74, 6) is 1.04. The summed E-state index contributed by atoms with van der Waals surface area (Å²) in [6, 6.07) is 28.6. The van der Waals surface area contributed by atoms with Gasteiger partial charge in [-0.3, -0.25) is 9.59 Å². The van der Waals surface area contributed by atoms with Gasteiger partial charge in [-0.05, 0) is 45.7 Å². The van der Waals surface area contributed by atoms with Crippen molar-refractivity contribution in [2.45, 2.75) is 45.7 Å². The number of hydrogen-bond acceptors (Lipinski definition) is 3. The highest BCUT2D eigenvalue weighted by atomic mass is 16.2. The molecule has 1 aliphatic heterocycles. The van der Waals surface area contributed by atoms with Gasteiger partial charge in [0.05, 0.1) is 17.9 Å². The van der Waals surface area contributed by atoms with Gasteiger partial charge < -0.3 is 14.4 Å². The molecule has 6 nitrogen and oxygen atoms in total. The molecule has 1 fully saturated rings. The lowest BCUT2D eigenvalue weighted by Crippen LogP contribution is -2.52. The minimum absolute atomic E-state index is 0.00167. The van der Waals surface area contributed by atoms with Crippen LogP contribution in [-0.4, -0.2) is 50.8 Å². The van der Waals surface area contributed by atoms with E-state index >= 15 is 0 Å². The van der Waals surface area contributed by atoms with Gasteiger partial charge in [0.25, 0.3) is 5.91 Å². The third-order valence-corrected chi connectivity index (χ3v) is 8.31. The van der Waals surface area contributed by atoms with Gasteiger partial charge in [0.1, 0.15) is 5.82 Å². The number of aromatic nitrogens is 2. The first kappa shape index (κ1) is 26.8. The molecule has 0 spiro atoms. The summed E-state index contributed by atoms with van der Waals surface area (Å²) in [5, 5.41) is 4.42. The number of fused-ring (bicyclic) bond motifs is 2. The van der Waals surface area contributed by atoms with E-state index in [1.165, 1.54) is 16.3 Å². The number of carbonyl (C=O) groups excluding carboxylic acids is 2. The van der Waals surface area contributed by atoms with E-state index in [9.17, 15) is 9.59 Å². The molecular weight excluding hydrogens is 508 g/mol. The van der Waals surface area contributed by atoms with Gasteiger partial charge >= 0.3 is 0 Å². The third-order valence-electron chi connectivity index (χ3n) is 8.31. The summed E-state index contributed by atoms with van der Waals surface area (Å²) < 4.78 is 2.28. The van der Waals surface area contributed by atoms with Crippen molar-refractivity contribution in [2.24, 2.45) is 0 Å². The molecular formula is C35H36N4O2. The second-order valence-electron chi connectivity index (χ2n) is 11.0. The minimum atomic E-state index is -0.275. The third kappa shape index (κ3) is 5.34. The topological polar surface area (TPSA) is 58.4 Å². The molecule has 0 radical (unpaired) electrons. The molecule has 208 valence electrons. The molecule has 1 aliphatic rings. The molecule has 4 aromatic carbocycles. The number of hydrogen-bond donors (Lipinski definition) is 0. The zero-order chi connectivity index (χ0) is 28.3. The van der Waals surface area contributed by atoms with E-state index in [4.69, 9.17) is 4.98 Å². The van der Waals surface area contributed by atoms with Crippen LogP contribution in [0.5, 0.6) is 0 Å². The van der Waals surface area contributed by atoms with Gasteiger partial charge in [0.15, 0.2) is 0 Å². The van der Waals surface area contributed by atoms with E-state index in [0.717, 1.165) is 41.6 Å². The van der Waals surface area contributed by atoms with Gasteiger partial charge in [-0.25, -0.2) is 4.98 Å². The average molecular weight is 545 g/mol. The molecule has 6 heteroatoms. The van der Waals surface area contributed by atoms with Crippen molar-refractivity contribution in [1.29, 1.82) is 0 Å². The average Bonchev–Trinajstić information content (AvgIpc) is 3.40. The Bertz CT molecular complexity index is 1720. The summed E-state index contributed by atoms with van der Waals surface area (Å²) in [6.07, 6.45) is 4.92. The van der Waals surface area contributed by atoms with Crippen molar-refractivity contribution < 1.29 is 9.59 Å². The van der Waals surface area contributed by atoms with E-state index in [2.05, 4.69) is 54.0 Å². The van der Waals surface area contributed by atoms with Crippen molar-refractivity contribution in [3.63, 3.8) is 0 Å². The highest BCUT2D eigenvalue weighted by molar-refractivity contribution is 6.07. The molecule has 0 unspecified atom stereocenters. The molecule has 6 rings (SSSR count). The molecule has 2 heterocycles. The number of amides is 2. The molecule has 0 bridgehead atoms. The molecule has 1 saturated heterocycles. The van der Waals surface area contributed by atoms with Crippen molar-refractivity contribution >= 4 is 33.4 Å². The zero-order valence-electron chi connectivity index (χ0n) is 23.8. The molecule has 0 N–H and O–H groups in total. The zero-order valence-corrected chi connectivity index (χ0v) is 23.8. The lowest BCUT2D eigenvalue weighted by atomic mass is 10.0. The monoisotopic (exact) mass is 544 g/mol. The van der Waals surface area contributed by atoms with Gasteiger partial charge in [-0.1, -0.05) is 86.1 Å². The van der Waals surface area contributed by atoms with E-state index in [0.29, 0.717) is 31.7 Å². The van der Waals surface area contributed by atoms with Crippen LogP contribution in [0.3, 0.4) is 0 Å². The number of rotatable bonds is 7. The SMILES string of the molecule is CCCCc1ncc([C@@H]2CN(C(=O)c3cccc4ccccc34)CCN2C(C)=O)n1Cc1ccc2ccccc2c1. The first-order valence-electron chi connectivity index (χ1n) is 14.6. The lowest BCUT2D eigenvalue weighted by Gasteiger charge is -2.41. The van der Waals surface area contributed by atoms with Crippen molar-refractivity contribution in [3.8, 4) is 0 Å². The second kappa shape index (κ2) is 11.6. The van der Waals surface area contributed by atoms with Gasteiger partial charge in [-0.15, -0.1) is 0 Å². The van der Waals surface area contributed by atoms with Crippen LogP contribution in [0.2, 0.25) is 0 Å². The molecule has 1 atom stereocenters. The Morgan fingerprint density at radius 2 is 1.63 bits per heavy atom. The van der Waals surface area contributed by atoms with E-state index in [1.54, 1.807) is 6.92 Å². The Kier molecular flexibility index (Phi) is 7.55. The predicted molar refractivity (Wildman–Crippen MR) is 164 cm³/mol. The molecule has 0 aliphatic carbocycles. The molecule has 2 amide bonds. The Morgan fingerprint density at radius 3 is 2.44 bits per heavy atom. The Labute approximate surface area is 241 Å². The van der Waals surface area contributed by atoms with Crippen molar-refractivity contribution in [1.82, 2.24) is 19.4 Å². The summed E-state index contributed by atoms with van der Waals surface area (Å²) in [5.41, 5.74) is 2.87. The van der Waals surface area contributed by atoms with Crippen LogP contribution in [0, 0.1) is 0 Å². The second-order valence-corrected chi connectivity index (χ2v) is 11.0. The molecule has 5 aromatic rings.